The second-order valence-electron chi connectivity index (χ2n) is 4.37. The van der Waals surface area contributed by atoms with Crippen LogP contribution in [0.15, 0.2) is 18.2 Å². The summed E-state index contributed by atoms with van der Waals surface area (Å²) in [6, 6.07) is 3.75. The zero-order valence-corrected chi connectivity index (χ0v) is 11.7. The molecular formula is C14H20N2O4. The van der Waals surface area contributed by atoms with Gasteiger partial charge in [0.2, 0.25) is 0 Å². The van der Waals surface area contributed by atoms with Crippen molar-refractivity contribution < 1.29 is 19.4 Å². The van der Waals surface area contributed by atoms with Gasteiger partial charge in [0.1, 0.15) is 11.8 Å². The number of aliphatic carboxylic acids is 1. The first-order chi connectivity index (χ1) is 9.49. The summed E-state index contributed by atoms with van der Waals surface area (Å²) in [5, 5.41) is 11.3. The maximum absolute atomic E-state index is 11.9. The molecule has 0 spiro atoms. The van der Waals surface area contributed by atoms with Crippen molar-refractivity contribution in [1.82, 2.24) is 5.32 Å². The normalized spacial score (nSPS) is 11.7. The zero-order chi connectivity index (χ0) is 15.1. The van der Waals surface area contributed by atoms with Crippen LogP contribution < -0.4 is 15.8 Å². The van der Waals surface area contributed by atoms with E-state index in [2.05, 4.69) is 5.32 Å². The molecule has 6 nitrogen and oxygen atoms in total. The van der Waals surface area contributed by atoms with Gasteiger partial charge in [-0.2, -0.15) is 0 Å². The van der Waals surface area contributed by atoms with Gasteiger partial charge in [-0.05, 0) is 31.0 Å². The molecule has 0 aliphatic carbocycles. The monoisotopic (exact) mass is 280 g/mol. The van der Waals surface area contributed by atoms with Crippen LogP contribution in [-0.2, 0) is 4.79 Å². The molecule has 1 amide bonds. The molecule has 4 N–H and O–H groups in total. The number of carboxylic acids is 1. The summed E-state index contributed by atoms with van der Waals surface area (Å²) in [7, 11) is 0. The van der Waals surface area contributed by atoms with E-state index in [-0.39, 0.29) is 0 Å². The number of nitrogens with two attached hydrogens (primary N) is 1. The van der Waals surface area contributed by atoms with Gasteiger partial charge < -0.3 is 20.9 Å². The molecule has 6 heteroatoms. The Hall–Kier alpha value is -2.24. The van der Waals surface area contributed by atoms with Crippen molar-refractivity contribution in [3.63, 3.8) is 0 Å². The van der Waals surface area contributed by atoms with E-state index in [0.717, 1.165) is 6.42 Å². The number of rotatable bonds is 7. The quantitative estimate of drug-likeness (QED) is 0.659. The number of amides is 1. The summed E-state index contributed by atoms with van der Waals surface area (Å²) in [5.41, 5.74) is 6.47. The van der Waals surface area contributed by atoms with Crippen LogP contribution in [0.25, 0.3) is 0 Å². The highest BCUT2D eigenvalue weighted by atomic mass is 16.5. The minimum atomic E-state index is -1.06. The molecule has 1 unspecified atom stereocenters. The molecule has 0 fully saturated rings. The number of anilines is 1. The molecule has 110 valence electrons. The van der Waals surface area contributed by atoms with Crippen molar-refractivity contribution in [3.8, 4) is 5.75 Å². The molecule has 0 bridgehead atoms. The highest BCUT2D eigenvalue weighted by Gasteiger charge is 2.18. The fraction of sp³-hybridized carbons (Fsp3) is 0.429. The van der Waals surface area contributed by atoms with E-state index in [1.165, 1.54) is 6.07 Å². The number of carbonyl (C=O) groups excluding carboxylic acids is 1. The average molecular weight is 280 g/mol. The molecule has 0 aliphatic rings. The van der Waals surface area contributed by atoms with E-state index in [0.29, 0.717) is 30.0 Å². The van der Waals surface area contributed by atoms with Crippen molar-refractivity contribution in [1.29, 1.82) is 0 Å². The van der Waals surface area contributed by atoms with Gasteiger partial charge in [-0.1, -0.05) is 13.8 Å². The summed E-state index contributed by atoms with van der Waals surface area (Å²) in [4.78, 5) is 22.8. The van der Waals surface area contributed by atoms with Crippen molar-refractivity contribution in [2.24, 2.45) is 0 Å². The van der Waals surface area contributed by atoms with Crippen LogP contribution in [0.5, 0.6) is 5.75 Å². The summed E-state index contributed by atoms with van der Waals surface area (Å²) in [6.45, 7) is 4.22. The van der Waals surface area contributed by atoms with E-state index in [1.807, 2.05) is 6.92 Å². The van der Waals surface area contributed by atoms with Crippen LogP contribution in [0, 0.1) is 0 Å². The summed E-state index contributed by atoms with van der Waals surface area (Å²) in [5.74, 6) is -1.00. The lowest BCUT2D eigenvalue weighted by Gasteiger charge is -2.13. The smallest absolute Gasteiger partial charge is 0.326 e. The van der Waals surface area contributed by atoms with Crippen molar-refractivity contribution in [2.75, 3.05) is 12.3 Å². The van der Waals surface area contributed by atoms with Gasteiger partial charge >= 0.3 is 5.97 Å². The van der Waals surface area contributed by atoms with E-state index < -0.39 is 17.9 Å². The van der Waals surface area contributed by atoms with Crippen LogP contribution in [0.3, 0.4) is 0 Å². The predicted octanol–water partition coefficient (Wildman–Crippen LogP) is 1.65. The number of hydrogen-bond acceptors (Lipinski definition) is 4. The summed E-state index contributed by atoms with van der Waals surface area (Å²) >= 11 is 0. The van der Waals surface area contributed by atoms with Gasteiger partial charge in [-0.15, -0.1) is 0 Å². The molecule has 0 aromatic heterocycles. The van der Waals surface area contributed by atoms with Crippen molar-refractivity contribution in [3.05, 3.63) is 23.8 Å². The fourth-order valence-corrected chi connectivity index (χ4v) is 1.61. The Balaban J connectivity index is 2.79. The Kier molecular flexibility index (Phi) is 5.83. The summed E-state index contributed by atoms with van der Waals surface area (Å²) < 4.78 is 5.41. The van der Waals surface area contributed by atoms with Crippen molar-refractivity contribution in [2.45, 2.75) is 32.7 Å². The largest absolute Gasteiger partial charge is 0.491 e. The third-order valence-electron chi connectivity index (χ3n) is 2.75. The Labute approximate surface area is 117 Å². The first-order valence-electron chi connectivity index (χ1n) is 6.55. The predicted molar refractivity (Wildman–Crippen MR) is 75.8 cm³/mol. The van der Waals surface area contributed by atoms with Crippen LogP contribution >= 0.6 is 0 Å². The third kappa shape index (κ3) is 4.15. The maximum Gasteiger partial charge on any atom is 0.326 e. The topological polar surface area (TPSA) is 102 Å². The zero-order valence-electron chi connectivity index (χ0n) is 11.7. The number of nitrogen functional groups attached to an aromatic ring is 1. The van der Waals surface area contributed by atoms with Crippen LogP contribution in [0.2, 0.25) is 0 Å². The Morgan fingerprint density at radius 2 is 2.10 bits per heavy atom. The SMILES string of the molecule is CCCOc1ccc(C(=O)NC(CC)C(=O)O)cc1N. The molecule has 1 rings (SSSR count). The molecule has 1 atom stereocenters. The van der Waals surface area contributed by atoms with Gasteiger partial charge in [-0.25, -0.2) is 4.79 Å². The molecule has 0 radical (unpaired) electrons. The first kappa shape index (κ1) is 15.8. The number of ether oxygens (including phenoxy) is 1. The molecule has 1 aromatic carbocycles. The molecular weight excluding hydrogens is 260 g/mol. The Morgan fingerprint density at radius 3 is 2.60 bits per heavy atom. The minimum absolute atomic E-state index is 0.311. The van der Waals surface area contributed by atoms with E-state index in [1.54, 1.807) is 19.1 Å². The van der Waals surface area contributed by atoms with E-state index >= 15 is 0 Å². The van der Waals surface area contributed by atoms with Crippen LogP contribution in [-0.4, -0.2) is 29.6 Å². The second kappa shape index (κ2) is 7.37. The fourth-order valence-electron chi connectivity index (χ4n) is 1.61. The highest BCUT2D eigenvalue weighted by Crippen LogP contribution is 2.22. The lowest BCUT2D eigenvalue weighted by molar-refractivity contribution is -0.139. The molecule has 0 saturated heterocycles. The molecule has 1 aromatic rings. The average Bonchev–Trinajstić information content (AvgIpc) is 2.42. The van der Waals surface area contributed by atoms with Gasteiger partial charge in [0.15, 0.2) is 0 Å². The molecule has 0 aliphatic heterocycles. The summed E-state index contributed by atoms with van der Waals surface area (Å²) in [6.07, 6.45) is 1.17. The Bertz CT molecular complexity index is 488. The molecule has 0 saturated carbocycles. The Morgan fingerprint density at radius 1 is 1.40 bits per heavy atom. The van der Waals surface area contributed by atoms with Crippen molar-refractivity contribution >= 4 is 17.6 Å². The van der Waals surface area contributed by atoms with E-state index in [4.69, 9.17) is 15.6 Å². The van der Waals surface area contributed by atoms with Gasteiger partial charge in [0.25, 0.3) is 5.91 Å². The minimum Gasteiger partial charge on any atom is -0.491 e. The second-order valence-corrected chi connectivity index (χ2v) is 4.37. The van der Waals surface area contributed by atoms with E-state index in [9.17, 15) is 9.59 Å². The number of nitrogens with one attached hydrogen (secondary N) is 1. The molecule has 0 heterocycles. The first-order valence-corrected chi connectivity index (χ1v) is 6.55. The van der Waals surface area contributed by atoms with Crippen LogP contribution in [0.4, 0.5) is 5.69 Å². The lowest BCUT2D eigenvalue weighted by atomic mass is 10.1. The number of carboxylic acid groups (broad SMARTS) is 1. The maximum atomic E-state index is 11.9. The number of benzene rings is 1. The highest BCUT2D eigenvalue weighted by molar-refractivity contribution is 5.97. The van der Waals surface area contributed by atoms with Gasteiger partial charge in [-0.3, -0.25) is 4.79 Å². The lowest BCUT2D eigenvalue weighted by Crippen LogP contribution is -2.40. The van der Waals surface area contributed by atoms with Gasteiger partial charge in [0.05, 0.1) is 12.3 Å². The third-order valence-corrected chi connectivity index (χ3v) is 2.75. The number of hydrogen-bond donors (Lipinski definition) is 3. The molecule has 20 heavy (non-hydrogen) atoms. The number of carbonyl (C=O) groups is 2. The van der Waals surface area contributed by atoms with Crippen LogP contribution in [0.1, 0.15) is 37.0 Å². The van der Waals surface area contributed by atoms with Gasteiger partial charge in [0, 0.05) is 5.56 Å². The standard InChI is InChI=1S/C14H20N2O4/c1-3-7-20-12-6-5-9(8-10(12)15)13(17)16-11(4-2)14(18)19/h5-6,8,11H,3-4,7,15H2,1-2H3,(H,16,17)(H,18,19).